The minimum atomic E-state index is -0.0236. The number of rotatable bonds is 0. The molecule has 0 unspecified atom stereocenters. The summed E-state index contributed by atoms with van der Waals surface area (Å²) in [5, 5.41) is 0. The van der Waals surface area contributed by atoms with Gasteiger partial charge in [-0.1, -0.05) is 5.92 Å². The largest absolute Gasteiger partial charge is 0.384 e. The highest BCUT2D eigenvalue weighted by atomic mass is 127. The third-order valence-electron chi connectivity index (χ3n) is 0.657. The first-order valence-electron chi connectivity index (χ1n) is 2.83. The van der Waals surface area contributed by atoms with Gasteiger partial charge in [0.25, 0.3) is 0 Å². The van der Waals surface area contributed by atoms with Crippen molar-refractivity contribution in [1.29, 1.82) is 0 Å². The van der Waals surface area contributed by atoms with Crippen molar-refractivity contribution in [3.05, 3.63) is 0 Å². The van der Waals surface area contributed by atoms with Crippen LogP contribution in [-0.2, 0) is 0 Å². The molecular weight excluding hydrogens is 246 g/mol. The minimum absolute atomic E-state index is 0.0236. The quantitative estimate of drug-likeness (QED) is 0.343. The Morgan fingerprint density at radius 3 is 2.36 bits per heavy atom. The second-order valence-corrected chi connectivity index (χ2v) is 2.67. The first kappa shape index (κ1) is 10.0. The number of hydrogen-bond donors (Lipinski definition) is 0. The number of halogens is 1. The zero-order chi connectivity index (χ0) is 8.53. The van der Waals surface area contributed by atoms with E-state index in [0.717, 1.165) is 0 Å². The molecule has 0 aromatic rings. The highest BCUT2D eigenvalue weighted by molar-refractivity contribution is 14.1. The zero-order valence-corrected chi connectivity index (χ0v) is 8.19. The molecule has 0 aliphatic rings. The summed E-state index contributed by atoms with van der Waals surface area (Å²) in [6, 6.07) is 0. The minimum Gasteiger partial charge on any atom is -0.112 e. The summed E-state index contributed by atoms with van der Waals surface area (Å²) in [6.07, 6.45) is 4.93. The molecule has 50 valence electrons. The lowest BCUT2D eigenvalue weighted by Crippen LogP contribution is -1.93. The molecule has 2 heteroatoms. The summed E-state index contributed by atoms with van der Waals surface area (Å²) >= 11 is 2.09. The highest BCUT2D eigenvalue weighted by Crippen LogP contribution is 1.88. The van der Waals surface area contributed by atoms with E-state index in [1.54, 1.807) is 6.92 Å². The van der Waals surface area contributed by atoms with Crippen LogP contribution in [0.15, 0.2) is 0 Å². The van der Waals surface area contributed by atoms with E-state index < -0.39 is 0 Å². The van der Waals surface area contributed by atoms with Crippen LogP contribution < -0.4 is 0 Å². The maximum atomic E-state index is 4.93. The van der Waals surface area contributed by atoms with E-state index in [0.29, 0.717) is 0 Å². The fraction of sp³-hybridized carbons (Fsp3) is 0.111. The van der Waals surface area contributed by atoms with Crippen molar-refractivity contribution >= 4 is 26.9 Å². The van der Waals surface area contributed by atoms with Gasteiger partial charge in [0.2, 0.25) is 0 Å². The Bertz CT molecular complexity index is 329. The van der Waals surface area contributed by atoms with Gasteiger partial charge >= 0.3 is 4.57 Å². The second kappa shape index (κ2) is 7.15. The zero-order valence-electron chi connectivity index (χ0n) is 6.03. The van der Waals surface area contributed by atoms with Crippen LogP contribution in [0.3, 0.4) is 0 Å². The predicted molar refractivity (Wildman–Crippen MR) is 57.6 cm³/mol. The molecule has 0 aliphatic carbocycles. The van der Waals surface area contributed by atoms with Gasteiger partial charge in [0.15, 0.2) is 0 Å². The van der Waals surface area contributed by atoms with E-state index >= 15 is 0 Å². The SMILES string of the molecule is C#CC#CB(I)C#CC#CC. The van der Waals surface area contributed by atoms with Crippen molar-refractivity contribution in [2.45, 2.75) is 6.92 Å². The Labute approximate surface area is 81.5 Å². The van der Waals surface area contributed by atoms with Crippen molar-refractivity contribution in [1.82, 2.24) is 0 Å². The lowest BCUT2D eigenvalue weighted by Gasteiger charge is -1.75. The average Bonchev–Trinajstić information content (AvgIpc) is 2.01. The summed E-state index contributed by atoms with van der Waals surface area (Å²) in [4.78, 5) is 0. The van der Waals surface area contributed by atoms with Crippen LogP contribution in [0, 0.1) is 47.7 Å². The molecular formula is C9H4BI. The fourth-order valence-electron chi connectivity index (χ4n) is 0.303. The lowest BCUT2D eigenvalue weighted by molar-refractivity contribution is 1.92. The maximum absolute atomic E-state index is 4.93. The van der Waals surface area contributed by atoms with Crippen LogP contribution in [0.5, 0.6) is 0 Å². The predicted octanol–water partition coefficient (Wildman–Crippen LogP) is 1.15. The maximum Gasteiger partial charge on any atom is 0.384 e. The molecule has 0 saturated heterocycles. The van der Waals surface area contributed by atoms with Crippen molar-refractivity contribution in [2.75, 3.05) is 0 Å². The third-order valence-corrected chi connectivity index (χ3v) is 1.28. The van der Waals surface area contributed by atoms with Gasteiger partial charge in [0.1, 0.15) is 0 Å². The Balaban J connectivity index is 4.09. The van der Waals surface area contributed by atoms with Crippen molar-refractivity contribution in [3.63, 3.8) is 0 Å². The van der Waals surface area contributed by atoms with Gasteiger partial charge < -0.3 is 0 Å². The van der Waals surface area contributed by atoms with Crippen molar-refractivity contribution < 1.29 is 0 Å². The highest BCUT2D eigenvalue weighted by Gasteiger charge is 1.96. The fourth-order valence-corrected chi connectivity index (χ4v) is 0.614. The van der Waals surface area contributed by atoms with Crippen LogP contribution in [-0.4, -0.2) is 4.57 Å². The van der Waals surface area contributed by atoms with E-state index in [9.17, 15) is 0 Å². The summed E-state index contributed by atoms with van der Waals surface area (Å²) in [7, 11) is 0. The second-order valence-electron chi connectivity index (χ2n) is 1.42. The van der Waals surface area contributed by atoms with Crippen molar-refractivity contribution in [3.8, 4) is 47.7 Å². The van der Waals surface area contributed by atoms with E-state index in [-0.39, 0.29) is 4.57 Å². The molecule has 11 heavy (non-hydrogen) atoms. The summed E-state index contributed by atoms with van der Waals surface area (Å²) in [5.41, 5.74) is 0. The standard InChI is InChI=1S/C9H4BI/c1-3-5-7-9-10(11)8-6-4-2/h2H,1H3. The number of terminal acetylenes is 1. The topological polar surface area (TPSA) is 0 Å². The summed E-state index contributed by atoms with van der Waals surface area (Å²) in [6.45, 7) is 1.74. The molecule has 0 heterocycles. The van der Waals surface area contributed by atoms with Crippen LogP contribution in [0.4, 0.5) is 0 Å². The molecule has 0 atom stereocenters. The Kier molecular flexibility index (Phi) is 6.52. The Morgan fingerprint density at radius 2 is 1.82 bits per heavy atom. The molecule has 0 rings (SSSR count). The van der Waals surface area contributed by atoms with E-state index in [4.69, 9.17) is 6.42 Å². The first-order chi connectivity index (χ1) is 5.31. The van der Waals surface area contributed by atoms with E-state index in [2.05, 4.69) is 63.6 Å². The first-order valence-corrected chi connectivity index (χ1v) is 4.08. The molecule has 0 aromatic carbocycles. The van der Waals surface area contributed by atoms with Gasteiger partial charge in [-0.2, -0.15) is 0 Å². The Hall–Kier alpha value is -0.965. The number of hydrogen-bond acceptors (Lipinski definition) is 0. The molecule has 0 spiro atoms. The van der Waals surface area contributed by atoms with Crippen LogP contribution in [0.1, 0.15) is 6.92 Å². The van der Waals surface area contributed by atoms with Crippen LogP contribution in [0.25, 0.3) is 0 Å². The lowest BCUT2D eigenvalue weighted by atomic mass is 9.81. The summed E-state index contributed by atoms with van der Waals surface area (Å²) in [5.74, 6) is 18.2. The molecule has 0 radical (unpaired) electrons. The average molecular weight is 250 g/mol. The van der Waals surface area contributed by atoms with E-state index in [1.807, 2.05) is 0 Å². The summed E-state index contributed by atoms with van der Waals surface area (Å²) < 4.78 is -0.0236. The van der Waals surface area contributed by atoms with Gasteiger partial charge in [-0.3, -0.25) is 0 Å². The van der Waals surface area contributed by atoms with Crippen LogP contribution in [0.2, 0.25) is 0 Å². The molecule has 0 aliphatic heterocycles. The molecule has 0 amide bonds. The van der Waals surface area contributed by atoms with Gasteiger partial charge in [0, 0.05) is 0 Å². The monoisotopic (exact) mass is 250 g/mol. The normalized spacial score (nSPS) is 4.82. The molecule has 0 bridgehead atoms. The van der Waals surface area contributed by atoms with Crippen LogP contribution >= 0.6 is 22.4 Å². The molecule has 0 aromatic heterocycles. The van der Waals surface area contributed by atoms with Crippen molar-refractivity contribution in [2.24, 2.45) is 0 Å². The van der Waals surface area contributed by atoms with E-state index in [1.165, 1.54) is 0 Å². The van der Waals surface area contributed by atoms with Gasteiger partial charge in [-0.05, 0) is 30.6 Å². The van der Waals surface area contributed by atoms with Gasteiger partial charge in [0.05, 0.1) is 0 Å². The molecule has 0 N–H and O–H groups in total. The van der Waals surface area contributed by atoms with Gasteiger partial charge in [-0.15, -0.1) is 40.4 Å². The molecule has 0 saturated carbocycles. The molecule has 0 fully saturated rings. The smallest absolute Gasteiger partial charge is 0.112 e. The van der Waals surface area contributed by atoms with Gasteiger partial charge in [-0.25, -0.2) is 0 Å². The molecule has 0 nitrogen and oxygen atoms in total. The third kappa shape index (κ3) is 6.93. The Morgan fingerprint density at radius 1 is 1.18 bits per heavy atom.